The average Bonchev–Trinajstić information content (AvgIpc) is 3.36. The number of pyridine rings is 1. The summed E-state index contributed by atoms with van der Waals surface area (Å²) in [6.07, 6.45) is 3.28. The van der Waals surface area contributed by atoms with E-state index in [0.717, 1.165) is 27.2 Å². The van der Waals surface area contributed by atoms with Crippen LogP contribution in [-0.4, -0.2) is 35.5 Å². The largest absolute Gasteiger partial charge is 0.480 e. The number of nitrogens with zero attached hydrogens (tertiary/aromatic N) is 1. The first-order valence-corrected chi connectivity index (χ1v) is 11.1. The molecule has 9 heteroatoms. The van der Waals surface area contributed by atoms with Gasteiger partial charge in [0.1, 0.15) is 15.9 Å². The third-order valence-electron chi connectivity index (χ3n) is 4.46. The minimum absolute atomic E-state index is 0.00280. The van der Waals surface area contributed by atoms with E-state index in [0.29, 0.717) is 11.2 Å². The van der Waals surface area contributed by atoms with Crippen molar-refractivity contribution in [2.45, 2.75) is 16.7 Å². The quantitative estimate of drug-likeness (QED) is 0.419. The Morgan fingerprint density at radius 3 is 2.69 bits per heavy atom. The van der Waals surface area contributed by atoms with Crippen molar-refractivity contribution >= 4 is 38.4 Å². The summed E-state index contributed by atoms with van der Waals surface area (Å²) in [6, 6.07) is 14.9. The summed E-state index contributed by atoms with van der Waals surface area (Å²) in [5.41, 5.74) is 2.21. The fourth-order valence-corrected chi connectivity index (χ4v) is 5.57. The fourth-order valence-electron chi connectivity index (χ4n) is 3.05. The Morgan fingerprint density at radius 1 is 1.14 bits per heavy atom. The third kappa shape index (κ3) is 4.07. The number of carbonyl (C=O) groups is 1. The molecule has 4 aromatic rings. The van der Waals surface area contributed by atoms with E-state index >= 15 is 0 Å². The van der Waals surface area contributed by atoms with Gasteiger partial charge in [-0.05, 0) is 35.4 Å². The zero-order chi connectivity index (χ0) is 20.4. The molecule has 3 heterocycles. The van der Waals surface area contributed by atoms with Gasteiger partial charge >= 0.3 is 5.97 Å². The van der Waals surface area contributed by atoms with Crippen molar-refractivity contribution in [1.82, 2.24) is 14.7 Å². The number of carboxylic acids is 1. The predicted molar refractivity (Wildman–Crippen MR) is 111 cm³/mol. The summed E-state index contributed by atoms with van der Waals surface area (Å²) in [5, 5.41) is 10.4. The number of fused-ring (bicyclic) bond motifs is 1. The Labute approximate surface area is 171 Å². The Hall–Kier alpha value is -3.01. The minimum Gasteiger partial charge on any atom is -0.480 e. The van der Waals surface area contributed by atoms with Crippen LogP contribution in [-0.2, 0) is 21.2 Å². The first-order chi connectivity index (χ1) is 13.9. The normalized spacial score (nSPS) is 12.8. The molecule has 0 aliphatic heterocycles. The van der Waals surface area contributed by atoms with Crippen LogP contribution in [0.5, 0.6) is 0 Å². The van der Waals surface area contributed by atoms with Crippen molar-refractivity contribution < 1.29 is 18.3 Å². The van der Waals surface area contributed by atoms with Crippen molar-refractivity contribution in [3.8, 4) is 10.4 Å². The monoisotopic (exact) mass is 427 g/mol. The first kappa shape index (κ1) is 19.3. The highest BCUT2D eigenvalue weighted by Gasteiger charge is 2.27. The van der Waals surface area contributed by atoms with Crippen LogP contribution >= 0.6 is 11.3 Å². The van der Waals surface area contributed by atoms with Gasteiger partial charge in [0.15, 0.2) is 0 Å². The van der Waals surface area contributed by atoms with Crippen LogP contribution in [0.4, 0.5) is 0 Å². The minimum atomic E-state index is -3.99. The van der Waals surface area contributed by atoms with E-state index in [1.807, 2.05) is 36.4 Å². The molecule has 0 aliphatic rings. The van der Waals surface area contributed by atoms with Gasteiger partial charge in [0.25, 0.3) is 10.0 Å². The van der Waals surface area contributed by atoms with Gasteiger partial charge in [-0.25, -0.2) is 13.4 Å². The Morgan fingerprint density at radius 2 is 1.93 bits per heavy atom. The maximum absolute atomic E-state index is 12.8. The first-order valence-electron chi connectivity index (χ1n) is 8.75. The number of rotatable bonds is 7. The summed E-state index contributed by atoms with van der Waals surface area (Å²) < 4.78 is 28.0. The van der Waals surface area contributed by atoms with E-state index in [9.17, 15) is 18.3 Å². The number of hydrogen-bond acceptors (Lipinski definition) is 5. The van der Waals surface area contributed by atoms with Crippen LogP contribution in [0.3, 0.4) is 0 Å². The maximum atomic E-state index is 12.8. The van der Waals surface area contributed by atoms with Gasteiger partial charge in [-0.15, -0.1) is 11.3 Å². The smallest absolute Gasteiger partial charge is 0.322 e. The Balaban J connectivity index is 1.58. The molecule has 3 aromatic heterocycles. The number of H-pyrrole nitrogens is 1. The molecule has 0 fully saturated rings. The second-order valence-electron chi connectivity index (χ2n) is 6.41. The average molecular weight is 428 g/mol. The summed E-state index contributed by atoms with van der Waals surface area (Å²) in [5.74, 6) is -1.24. The van der Waals surface area contributed by atoms with Crippen LogP contribution in [0.2, 0.25) is 0 Å². The van der Waals surface area contributed by atoms with Crippen molar-refractivity contribution in [3.63, 3.8) is 0 Å². The van der Waals surface area contributed by atoms with Crippen molar-refractivity contribution in [2.75, 3.05) is 0 Å². The van der Waals surface area contributed by atoms with Gasteiger partial charge < -0.3 is 10.1 Å². The Bertz CT molecular complexity index is 1260. The predicted octanol–water partition coefficient (Wildman–Crippen LogP) is 3.27. The molecule has 4 rings (SSSR count). The lowest BCUT2D eigenvalue weighted by Crippen LogP contribution is -2.41. The topological polar surface area (TPSA) is 112 Å². The van der Waals surface area contributed by atoms with Crippen LogP contribution in [0.1, 0.15) is 5.56 Å². The Kier molecular flexibility index (Phi) is 5.18. The molecule has 0 bridgehead atoms. The van der Waals surface area contributed by atoms with E-state index in [2.05, 4.69) is 14.7 Å². The number of aliphatic carboxylic acids is 1. The van der Waals surface area contributed by atoms with Gasteiger partial charge in [0, 0.05) is 29.1 Å². The zero-order valence-electron chi connectivity index (χ0n) is 15.1. The number of sulfonamides is 1. The van der Waals surface area contributed by atoms with Crippen LogP contribution < -0.4 is 4.72 Å². The molecule has 0 spiro atoms. The number of aromatic amines is 1. The van der Waals surface area contributed by atoms with E-state index in [1.54, 1.807) is 24.5 Å². The molecule has 3 N–H and O–H groups in total. The fraction of sp³-hybridized carbons (Fsp3) is 0.100. The molecule has 0 amide bonds. The number of thiophene rings is 1. The second kappa shape index (κ2) is 7.78. The molecule has 0 unspecified atom stereocenters. The molecule has 1 aromatic carbocycles. The molecule has 1 atom stereocenters. The molecule has 7 nitrogen and oxygen atoms in total. The standard InChI is InChI=1S/C20H17N3O4S2/c24-20(25)16(11-14-12-22-19-15(14)7-4-10-21-19)23-29(26,27)18-9-8-17(28-18)13-5-2-1-3-6-13/h1-10,12,16,23H,11H2,(H,21,22)(H,24,25)/t16-/m1/s1. The number of benzene rings is 1. The highest BCUT2D eigenvalue weighted by Crippen LogP contribution is 2.30. The van der Waals surface area contributed by atoms with E-state index in [-0.39, 0.29) is 10.6 Å². The third-order valence-corrected chi connectivity index (χ3v) is 7.56. The molecule has 148 valence electrons. The number of aromatic nitrogens is 2. The van der Waals surface area contributed by atoms with Gasteiger partial charge in [-0.3, -0.25) is 4.79 Å². The summed E-state index contributed by atoms with van der Waals surface area (Å²) in [6.45, 7) is 0. The second-order valence-corrected chi connectivity index (χ2v) is 9.44. The molecule has 0 saturated heterocycles. The van der Waals surface area contributed by atoms with Crippen molar-refractivity contribution in [3.05, 3.63) is 72.6 Å². The lowest BCUT2D eigenvalue weighted by atomic mass is 10.1. The maximum Gasteiger partial charge on any atom is 0.322 e. The van der Waals surface area contributed by atoms with E-state index < -0.39 is 22.0 Å². The van der Waals surface area contributed by atoms with E-state index in [4.69, 9.17) is 0 Å². The lowest BCUT2D eigenvalue weighted by molar-refractivity contribution is -0.138. The molecule has 0 radical (unpaired) electrons. The summed E-state index contributed by atoms with van der Waals surface area (Å²) in [4.78, 5) is 19.7. The molecule has 29 heavy (non-hydrogen) atoms. The van der Waals surface area contributed by atoms with Crippen LogP contribution in [0.25, 0.3) is 21.5 Å². The van der Waals surface area contributed by atoms with Gasteiger partial charge in [0.2, 0.25) is 0 Å². The molecule has 0 aliphatic carbocycles. The SMILES string of the molecule is O=C(O)[C@@H](Cc1c[nH]c2ncccc12)NS(=O)(=O)c1ccc(-c2ccccc2)s1. The van der Waals surface area contributed by atoms with Crippen LogP contribution in [0.15, 0.2) is 71.2 Å². The van der Waals surface area contributed by atoms with Gasteiger partial charge in [0.05, 0.1) is 0 Å². The molecule has 0 saturated carbocycles. The van der Waals surface area contributed by atoms with Crippen LogP contribution in [0, 0.1) is 0 Å². The van der Waals surface area contributed by atoms with Crippen molar-refractivity contribution in [1.29, 1.82) is 0 Å². The zero-order valence-corrected chi connectivity index (χ0v) is 16.7. The van der Waals surface area contributed by atoms with Crippen molar-refractivity contribution in [2.24, 2.45) is 0 Å². The number of hydrogen-bond donors (Lipinski definition) is 3. The highest BCUT2D eigenvalue weighted by molar-refractivity contribution is 7.91. The molecular weight excluding hydrogens is 410 g/mol. The van der Waals surface area contributed by atoms with E-state index in [1.165, 1.54) is 6.07 Å². The van der Waals surface area contributed by atoms with Gasteiger partial charge in [-0.1, -0.05) is 30.3 Å². The molecular formula is C20H17N3O4S2. The number of nitrogens with one attached hydrogen (secondary N) is 2. The number of carboxylic acid groups (broad SMARTS) is 1. The lowest BCUT2D eigenvalue weighted by Gasteiger charge is -2.13. The summed E-state index contributed by atoms with van der Waals surface area (Å²) >= 11 is 1.10. The van der Waals surface area contributed by atoms with Gasteiger partial charge in [-0.2, -0.15) is 4.72 Å². The summed E-state index contributed by atoms with van der Waals surface area (Å²) in [7, 11) is -3.99. The highest BCUT2D eigenvalue weighted by atomic mass is 32.2.